The molecule has 0 spiro atoms. The predicted octanol–water partition coefficient (Wildman–Crippen LogP) is 1.49. The molecule has 1 aliphatic rings. The van der Waals surface area contributed by atoms with Gasteiger partial charge >= 0.3 is 0 Å². The van der Waals surface area contributed by atoms with Crippen LogP contribution in [0.1, 0.15) is 32.1 Å². The third kappa shape index (κ3) is 6.13. The zero-order chi connectivity index (χ0) is 10.9. The molecule has 1 rings (SSSR count). The number of unbranched alkanes of at least 4 members (excludes halogenated alkanes) is 1. The average Bonchev–Trinajstić information content (AvgIpc) is 2.43. The van der Waals surface area contributed by atoms with Gasteiger partial charge in [0.05, 0.1) is 0 Å². The second-order valence-electron chi connectivity index (χ2n) is 4.59. The molecule has 0 bridgehead atoms. The summed E-state index contributed by atoms with van der Waals surface area (Å²) in [5, 5.41) is 3.66. The van der Waals surface area contributed by atoms with Gasteiger partial charge in [0.25, 0.3) is 0 Å². The van der Waals surface area contributed by atoms with E-state index in [4.69, 9.17) is 4.74 Å². The van der Waals surface area contributed by atoms with Crippen LogP contribution >= 0.6 is 0 Å². The van der Waals surface area contributed by atoms with Crippen LogP contribution in [-0.4, -0.2) is 51.3 Å². The van der Waals surface area contributed by atoms with Crippen molar-refractivity contribution in [3.8, 4) is 0 Å². The van der Waals surface area contributed by atoms with Gasteiger partial charge in [0.2, 0.25) is 0 Å². The van der Waals surface area contributed by atoms with E-state index in [9.17, 15) is 0 Å². The van der Waals surface area contributed by atoms with Crippen LogP contribution in [0.3, 0.4) is 0 Å². The van der Waals surface area contributed by atoms with E-state index in [2.05, 4.69) is 17.3 Å². The van der Waals surface area contributed by atoms with Crippen molar-refractivity contribution in [3.63, 3.8) is 0 Å². The highest BCUT2D eigenvalue weighted by Crippen LogP contribution is 2.09. The second-order valence-corrected chi connectivity index (χ2v) is 4.59. The molecule has 0 aromatic rings. The standard InChI is InChI=1S/C12H26N2O/c1-14-9-5-6-12(7-10-14)13-8-3-4-11-15-2/h12-13H,3-11H2,1-2H3. The number of methoxy groups -OCH3 is 1. The molecule has 3 nitrogen and oxygen atoms in total. The Kier molecular flexibility index (Phi) is 6.98. The molecule has 1 aliphatic heterocycles. The summed E-state index contributed by atoms with van der Waals surface area (Å²) in [7, 11) is 4.00. The summed E-state index contributed by atoms with van der Waals surface area (Å²) in [5.74, 6) is 0. The molecule has 1 heterocycles. The van der Waals surface area contributed by atoms with Crippen molar-refractivity contribution in [2.24, 2.45) is 0 Å². The summed E-state index contributed by atoms with van der Waals surface area (Å²) in [5.41, 5.74) is 0. The number of nitrogens with one attached hydrogen (secondary N) is 1. The van der Waals surface area contributed by atoms with Gasteiger partial charge in [-0.2, -0.15) is 0 Å². The Bertz CT molecular complexity index is 153. The SMILES string of the molecule is COCCCCNC1CCCN(C)CC1. The van der Waals surface area contributed by atoms with Gasteiger partial charge in [-0.3, -0.25) is 0 Å². The zero-order valence-corrected chi connectivity index (χ0v) is 10.3. The van der Waals surface area contributed by atoms with Gasteiger partial charge in [-0.05, 0) is 58.8 Å². The van der Waals surface area contributed by atoms with E-state index >= 15 is 0 Å². The molecule has 1 N–H and O–H groups in total. The third-order valence-electron chi connectivity index (χ3n) is 3.16. The maximum absolute atomic E-state index is 5.03. The fourth-order valence-corrected chi connectivity index (χ4v) is 2.12. The topological polar surface area (TPSA) is 24.5 Å². The van der Waals surface area contributed by atoms with Gasteiger partial charge in [-0.15, -0.1) is 0 Å². The number of hydrogen-bond acceptors (Lipinski definition) is 3. The Balaban J connectivity index is 2.00. The third-order valence-corrected chi connectivity index (χ3v) is 3.16. The van der Waals surface area contributed by atoms with Crippen molar-refractivity contribution < 1.29 is 4.74 Å². The molecule has 0 amide bonds. The molecule has 0 aromatic heterocycles. The molecule has 0 radical (unpaired) electrons. The van der Waals surface area contributed by atoms with E-state index in [1.165, 1.54) is 45.2 Å². The van der Waals surface area contributed by atoms with E-state index in [0.717, 1.165) is 19.2 Å². The van der Waals surface area contributed by atoms with Crippen LogP contribution < -0.4 is 5.32 Å². The number of likely N-dealkylation sites (tertiary alicyclic amines) is 1. The largest absolute Gasteiger partial charge is 0.385 e. The highest BCUT2D eigenvalue weighted by Gasteiger charge is 2.13. The van der Waals surface area contributed by atoms with Gasteiger partial charge in [-0.1, -0.05) is 0 Å². The van der Waals surface area contributed by atoms with Crippen LogP contribution in [0.4, 0.5) is 0 Å². The first-order chi connectivity index (χ1) is 7.33. The molecule has 1 saturated heterocycles. The van der Waals surface area contributed by atoms with Crippen LogP contribution in [0.5, 0.6) is 0 Å². The molecule has 1 atom stereocenters. The Morgan fingerprint density at radius 3 is 2.93 bits per heavy atom. The summed E-state index contributed by atoms with van der Waals surface area (Å²) in [6.07, 6.45) is 6.40. The number of rotatable bonds is 6. The van der Waals surface area contributed by atoms with Crippen LogP contribution in [0.15, 0.2) is 0 Å². The van der Waals surface area contributed by atoms with E-state index in [1.807, 2.05) is 0 Å². The van der Waals surface area contributed by atoms with Crippen molar-refractivity contribution in [2.45, 2.75) is 38.1 Å². The normalized spacial score (nSPS) is 24.0. The Morgan fingerprint density at radius 1 is 1.27 bits per heavy atom. The number of hydrogen-bond donors (Lipinski definition) is 1. The second kappa shape index (κ2) is 8.08. The molecule has 15 heavy (non-hydrogen) atoms. The first-order valence-electron chi connectivity index (χ1n) is 6.24. The van der Waals surface area contributed by atoms with Gasteiger partial charge in [-0.25, -0.2) is 0 Å². The van der Waals surface area contributed by atoms with E-state index < -0.39 is 0 Å². The van der Waals surface area contributed by atoms with Crippen LogP contribution in [0, 0.1) is 0 Å². The van der Waals surface area contributed by atoms with E-state index in [-0.39, 0.29) is 0 Å². The minimum atomic E-state index is 0.748. The van der Waals surface area contributed by atoms with Crippen molar-refractivity contribution in [3.05, 3.63) is 0 Å². The summed E-state index contributed by atoms with van der Waals surface area (Å²) < 4.78 is 5.03. The average molecular weight is 214 g/mol. The molecular formula is C12H26N2O. The molecule has 0 aromatic carbocycles. The maximum atomic E-state index is 5.03. The zero-order valence-electron chi connectivity index (χ0n) is 10.3. The number of nitrogens with zero attached hydrogens (tertiary/aromatic N) is 1. The number of ether oxygens (including phenoxy) is 1. The minimum Gasteiger partial charge on any atom is -0.385 e. The molecule has 0 aliphatic carbocycles. The van der Waals surface area contributed by atoms with Gasteiger partial charge in [0.1, 0.15) is 0 Å². The highest BCUT2D eigenvalue weighted by molar-refractivity contribution is 4.73. The Labute approximate surface area is 94.2 Å². The molecule has 3 heteroatoms. The van der Waals surface area contributed by atoms with Crippen molar-refractivity contribution >= 4 is 0 Å². The van der Waals surface area contributed by atoms with Crippen molar-refractivity contribution in [1.29, 1.82) is 0 Å². The highest BCUT2D eigenvalue weighted by atomic mass is 16.5. The van der Waals surface area contributed by atoms with Crippen LogP contribution in [0.2, 0.25) is 0 Å². The lowest BCUT2D eigenvalue weighted by Crippen LogP contribution is -2.31. The monoisotopic (exact) mass is 214 g/mol. The van der Waals surface area contributed by atoms with Gasteiger partial charge < -0.3 is 15.0 Å². The Morgan fingerprint density at radius 2 is 2.13 bits per heavy atom. The van der Waals surface area contributed by atoms with Crippen LogP contribution in [0.25, 0.3) is 0 Å². The summed E-state index contributed by atoms with van der Waals surface area (Å²) in [6, 6.07) is 0.748. The first-order valence-corrected chi connectivity index (χ1v) is 6.24. The molecule has 1 unspecified atom stereocenters. The smallest absolute Gasteiger partial charge is 0.0462 e. The fourth-order valence-electron chi connectivity index (χ4n) is 2.12. The lowest BCUT2D eigenvalue weighted by Gasteiger charge is -2.16. The summed E-state index contributed by atoms with van der Waals surface area (Å²) in [4.78, 5) is 2.44. The lowest BCUT2D eigenvalue weighted by atomic mass is 10.1. The van der Waals surface area contributed by atoms with Crippen molar-refractivity contribution in [1.82, 2.24) is 10.2 Å². The molecule has 90 valence electrons. The van der Waals surface area contributed by atoms with Crippen molar-refractivity contribution in [2.75, 3.05) is 40.4 Å². The molecular weight excluding hydrogens is 188 g/mol. The fraction of sp³-hybridized carbons (Fsp3) is 1.00. The van der Waals surface area contributed by atoms with Crippen LogP contribution in [-0.2, 0) is 4.74 Å². The molecule has 1 fully saturated rings. The first kappa shape index (κ1) is 12.9. The Hall–Kier alpha value is -0.120. The molecule has 0 saturated carbocycles. The minimum absolute atomic E-state index is 0.748. The van der Waals surface area contributed by atoms with E-state index in [0.29, 0.717) is 0 Å². The summed E-state index contributed by atoms with van der Waals surface area (Å²) in [6.45, 7) is 4.56. The quantitative estimate of drug-likeness (QED) is 0.678. The van der Waals surface area contributed by atoms with Gasteiger partial charge in [0.15, 0.2) is 0 Å². The predicted molar refractivity (Wildman–Crippen MR) is 64.2 cm³/mol. The van der Waals surface area contributed by atoms with Gasteiger partial charge in [0, 0.05) is 19.8 Å². The maximum Gasteiger partial charge on any atom is 0.0462 e. The van der Waals surface area contributed by atoms with E-state index in [1.54, 1.807) is 7.11 Å². The summed E-state index contributed by atoms with van der Waals surface area (Å²) >= 11 is 0. The lowest BCUT2D eigenvalue weighted by molar-refractivity contribution is 0.192.